The minimum Gasteiger partial charge on any atom is -0.351 e. The Hall–Kier alpha value is -2.04. The summed E-state index contributed by atoms with van der Waals surface area (Å²) in [4.78, 5) is 25.6. The molecule has 0 radical (unpaired) electrons. The number of hydrogen-bond donors (Lipinski definition) is 1. The Balaban J connectivity index is 2.67. The van der Waals surface area contributed by atoms with Gasteiger partial charge in [0.05, 0.1) is 6.04 Å². The lowest BCUT2D eigenvalue weighted by molar-refractivity contribution is -0.132. The number of nitrogens with two attached hydrogens (primary N) is 1. The Morgan fingerprint density at radius 3 is 2.28 bits per heavy atom. The second-order valence-electron chi connectivity index (χ2n) is 4.29. The van der Waals surface area contributed by atoms with Crippen molar-refractivity contribution in [3.8, 4) is 0 Å². The maximum Gasteiger partial charge on any atom is 0.314 e. The molecule has 0 unspecified atom stereocenters. The molecular weight excluding hydrogens is 230 g/mol. The summed E-state index contributed by atoms with van der Waals surface area (Å²) >= 11 is 0. The van der Waals surface area contributed by atoms with E-state index in [-0.39, 0.29) is 18.5 Å². The third-order valence-electron chi connectivity index (χ3n) is 3.00. The molecule has 98 valence electrons. The van der Waals surface area contributed by atoms with Gasteiger partial charge in [-0.05, 0) is 12.5 Å². The molecule has 2 N–H and O–H groups in total. The van der Waals surface area contributed by atoms with Crippen LogP contribution >= 0.6 is 0 Å². The highest BCUT2D eigenvalue weighted by Crippen LogP contribution is 2.18. The zero-order valence-corrected chi connectivity index (χ0v) is 11.0. The van der Waals surface area contributed by atoms with E-state index in [1.165, 1.54) is 11.9 Å². The van der Waals surface area contributed by atoms with Crippen molar-refractivity contribution in [3.05, 3.63) is 35.9 Å². The minimum atomic E-state index is -0.607. The lowest BCUT2D eigenvalue weighted by Crippen LogP contribution is -2.42. The normalized spacial score (nSPS) is 11.7. The van der Waals surface area contributed by atoms with Gasteiger partial charge in [-0.25, -0.2) is 4.79 Å². The Morgan fingerprint density at radius 2 is 1.78 bits per heavy atom. The number of urea groups is 1. The molecule has 0 saturated carbocycles. The van der Waals surface area contributed by atoms with Crippen molar-refractivity contribution >= 4 is 11.9 Å². The molecule has 1 aromatic rings. The van der Waals surface area contributed by atoms with E-state index in [9.17, 15) is 9.59 Å². The third kappa shape index (κ3) is 3.48. The van der Waals surface area contributed by atoms with Crippen molar-refractivity contribution in [1.82, 2.24) is 9.80 Å². The van der Waals surface area contributed by atoms with Gasteiger partial charge in [-0.3, -0.25) is 4.79 Å². The quantitative estimate of drug-likeness (QED) is 0.871. The van der Waals surface area contributed by atoms with E-state index in [0.29, 0.717) is 0 Å². The van der Waals surface area contributed by atoms with Crippen LogP contribution in [0, 0.1) is 0 Å². The fourth-order valence-corrected chi connectivity index (χ4v) is 1.56. The van der Waals surface area contributed by atoms with Crippen LogP contribution < -0.4 is 5.73 Å². The first-order chi connectivity index (χ1) is 8.43. The molecule has 0 bridgehead atoms. The van der Waals surface area contributed by atoms with Gasteiger partial charge in [0.15, 0.2) is 0 Å². The molecule has 1 aromatic carbocycles. The lowest BCUT2D eigenvalue weighted by atomic mass is 10.1. The molecule has 0 aliphatic rings. The van der Waals surface area contributed by atoms with E-state index in [1.807, 2.05) is 37.3 Å². The molecule has 1 rings (SSSR count). The van der Waals surface area contributed by atoms with Crippen LogP contribution in [0.4, 0.5) is 4.79 Å². The molecule has 5 nitrogen and oxygen atoms in total. The number of benzene rings is 1. The number of nitrogens with zero attached hydrogens (tertiary/aromatic N) is 2. The van der Waals surface area contributed by atoms with E-state index in [1.54, 1.807) is 11.9 Å². The smallest absolute Gasteiger partial charge is 0.314 e. The Labute approximate surface area is 107 Å². The number of carbonyl (C=O) groups is 2. The van der Waals surface area contributed by atoms with Gasteiger partial charge < -0.3 is 15.5 Å². The van der Waals surface area contributed by atoms with E-state index in [0.717, 1.165) is 5.56 Å². The highest BCUT2D eigenvalue weighted by molar-refractivity contribution is 5.83. The van der Waals surface area contributed by atoms with Crippen molar-refractivity contribution in [3.63, 3.8) is 0 Å². The van der Waals surface area contributed by atoms with Crippen LogP contribution in [-0.4, -0.2) is 42.4 Å². The van der Waals surface area contributed by atoms with Crippen LogP contribution in [0.2, 0.25) is 0 Å². The summed E-state index contributed by atoms with van der Waals surface area (Å²) in [5.41, 5.74) is 6.14. The van der Waals surface area contributed by atoms with Gasteiger partial charge in [0, 0.05) is 14.1 Å². The largest absolute Gasteiger partial charge is 0.351 e. The van der Waals surface area contributed by atoms with Gasteiger partial charge in [-0.1, -0.05) is 30.3 Å². The lowest BCUT2D eigenvalue weighted by Gasteiger charge is -2.27. The monoisotopic (exact) mass is 249 g/mol. The number of carbonyl (C=O) groups excluding carboxylic acids is 2. The molecule has 0 heterocycles. The van der Waals surface area contributed by atoms with E-state index in [2.05, 4.69) is 0 Å². The molecule has 0 spiro atoms. The second kappa shape index (κ2) is 6.05. The van der Waals surface area contributed by atoms with Crippen LogP contribution in [0.1, 0.15) is 18.5 Å². The first kappa shape index (κ1) is 14.0. The van der Waals surface area contributed by atoms with Gasteiger partial charge in [0.1, 0.15) is 6.54 Å². The minimum absolute atomic E-state index is 0.0109. The summed E-state index contributed by atoms with van der Waals surface area (Å²) in [6, 6.07) is 9.07. The predicted molar refractivity (Wildman–Crippen MR) is 69.8 cm³/mol. The molecule has 0 aromatic heterocycles. The van der Waals surface area contributed by atoms with Crippen molar-refractivity contribution in [2.75, 3.05) is 20.6 Å². The van der Waals surface area contributed by atoms with Crippen molar-refractivity contribution in [1.29, 1.82) is 0 Å². The highest BCUT2D eigenvalue weighted by Gasteiger charge is 2.19. The molecule has 5 heteroatoms. The molecular formula is C13H19N3O2. The average Bonchev–Trinajstić information content (AvgIpc) is 2.37. The summed E-state index contributed by atoms with van der Waals surface area (Å²) in [6.07, 6.45) is 0. The number of hydrogen-bond acceptors (Lipinski definition) is 2. The summed E-state index contributed by atoms with van der Waals surface area (Å²) < 4.78 is 0. The standard InChI is InChI=1S/C13H19N3O2/c1-10(11-7-5-4-6-8-11)16(3)12(17)9-15(2)13(14)18/h4-8,10H,9H2,1-3H3,(H2,14,18)/t10-/m0/s1. The summed E-state index contributed by atoms with van der Waals surface area (Å²) in [5.74, 6) is -0.146. The molecule has 18 heavy (non-hydrogen) atoms. The number of amides is 3. The van der Waals surface area contributed by atoms with Crippen molar-refractivity contribution in [2.24, 2.45) is 5.73 Å². The van der Waals surface area contributed by atoms with Gasteiger partial charge in [-0.2, -0.15) is 0 Å². The second-order valence-corrected chi connectivity index (χ2v) is 4.29. The number of primary amides is 1. The average molecular weight is 249 g/mol. The van der Waals surface area contributed by atoms with Crippen molar-refractivity contribution in [2.45, 2.75) is 13.0 Å². The fraction of sp³-hybridized carbons (Fsp3) is 0.385. The van der Waals surface area contributed by atoms with Crippen LogP contribution in [0.15, 0.2) is 30.3 Å². The van der Waals surface area contributed by atoms with Gasteiger partial charge in [0.2, 0.25) is 5.91 Å². The summed E-state index contributed by atoms with van der Waals surface area (Å²) in [5, 5.41) is 0. The fourth-order valence-electron chi connectivity index (χ4n) is 1.56. The molecule has 1 atom stereocenters. The molecule has 0 aliphatic heterocycles. The third-order valence-corrected chi connectivity index (χ3v) is 3.00. The number of rotatable bonds is 4. The van der Waals surface area contributed by atoms with Gasteiger partial charge >= 0.3 is 6.03 Å². The van der Waals surface area contributed by atoms with Crippen LogP contribution in [0.5, 0.6) is 0 Å². The van der Waals surface area contributed by atoms with E-state index in [4.69, 9.17) is 5.73 Å². The zero-order chi connectivity index (χ0) is 13.7. The molecule has 0 fully saturated rings. The molecule has 3 amide bonds. The Bertz CT molecular complexity index is 420. The van der Waals surface area contributed by atoms with Crippen molar-refractivity contribution < 1.29 is 9.59 Å². The Morgan fingerprint density at radius 1 is 1.22 bits per heavy atom. The van der Waals surface area contributed by atoms with E-state index >= 15 is 0 Å². The Kier molecular flexibility index (Phi) is 4.71. The first-order valence-corrected chi connectivity index (χ1v) is 5.74. The van der Waals surface area contributed by atoms with Crippen LogP contribution in [-0.2, 0) is 4.79 Å². The molecule has 0 aliphatic carbocycles. The molecule has 0 saturated heterocycles. The maximum atomic E-state index is 11.9. The van der Waals surface area contributed by atoms with E-state index < -0.39 is 6.03 Å². The zero-order valence-electron chi connectivity index (χ0n) is 11.0. The first-order valence-electron chi connectivity index (χ1n) is 5.74. The van der Waals surface area contributed by atoms with Gasteiger partial charge in [-0.15, -0.1) is 0 Å². The van der Waals surface area contributed by atoms with Gasteiger partial charge in [0.25, 0.3) is 0 Å². The number of likely N-dealkylation sites (N-methyl/N-ethyl adjacent to an activating group) is 2. The summed E-state index contributed by atoms with van der Waals surface area (Å²) in [7, 11) is 3.22. The van der Waals surface area contributed by atoms with Crippen LogP contribution in [0.25, 0.3) is 0 Å². The SMILES string of the molecule is C[C@@H](c1ccccc1)N(C)C(=O)CN(C)C(N)=O. The predicted octanol–water partition coefficient (Wildman–Crippen LogP) is 1.22. The topological polar surface area (TPSA) is 66.6 Å². The summed E-state index contributed by atoms with van der Waals surface area (Å²) in [6.45, 7) is 1.93. The maximum absolute atomic E-state index is 11.9. The van der Waals surface area contributed by atoms with Crippen LogP contribution in [0.3, 0.4) is 0 Å². The highest BCUT2D eigenvalue weighted by atomic mass is 16.2.